The van der Waals surface area contributed by atoms with Crippen LogP contribution in [0, 0.1) is 0 Å². The third-order valence-corrected chi connectivity index (χ3v) is 4.70. The first-order chi connectivity index (χ1) is 15.0. The van der Waals surface area contributed by atoms with Crippen molar-refractivity contribution in [1.82, 2.24) is 9.88 Å². The number of methoxy groups -OCH3 is 1. The molecule has 1 aromatic carbocycles. The molecule has 3 N–H and O–H groups in total. The maximum Gasteiger partial charge on any atom is 0.411 e. The molecule has 172 valence electrons. The SMILES string of the molecule is COC(=O)Nc1cc2c(cc1NC(=O)NC1CC1)c(C(C)=O)cn2CC(=O)OC(C)(C)C. The van der Waals surface area contributed by atoms with Gasteiger partial charge in [-0.2, -0.15) is 0 Å². The largest absolute Gasteiger partial charge is 0.459 e. The number of anilines is 2. The van der Waals surface area contributed by atoms with Crippen molar-refractivity contribution in [2.24, 2.45) is 0 Å². The summed E-state index contributed by atoms with van der Waals surface area (Å²) in [5.41, 5.74) is 0.777. The highest BCUT2D eigenvalue weighted by molar-refractivity contribution is 6.11. The minimum absolute atomic E-state index is 0.131. The first-order valence-corrected chi connectivity index (χ1v) is 10.3. The molecule has 1 aromatic heterocycles. The van der Waals surface area contributed by atoms with Gasteiger partial charge in [0.2, 0.25) is 0 Å². The number of ether oxygens (including phenoxy) is 2. The van der Waals surface area contributed by atoms with Gasteiger partial charge < -0.3 is 24.7 Å². The molecule has 1 fully saturated rings. The highest BCUT2D eigenvalue weighted by atomic mass is 16.6. The number of carbonyl (C=O) groups is 4. The fourth-order valence-electron chi connectivity index (χ4n) is 3.20. The summed E-state index contributed by atoms with van der Waals surface area (Å²) in [6, 6.07) is 2.89. The molecule has 1 aliphatic carbocycles. The number of urea groups is 1. The molecule has 10 nitrogen and oxygen atoms in total. The summed E-state index contributed by atoms with van der Waals surface area (Å²) in [7, 11) is 1.22. The normalized spacial score (nSPS) is 13.4. The summed E-state index contributed by atoms with van der Waals surface area (Å²) < 4.78 is 11.7. The number of hydrogen-bond donors (Lipinski definition) is 3. The maximum atomic E-state index is 12.4. The molecule has 0 saturated heterocycles. The monoisotopic (exact) mass is 444 g/mol. The van der Waals surface area contributed by atoms with Gasteiger partial charge in [0.25, 0.3) is 0 Å². The van der Waals surface area contributed by atoms with Crippen molar-refractivity contribution in [3.63, 3.8) is 0 Å². The average molecular weight is 444 g/mol. The number of ketones is 1. The molecule has 1 saturated carbocycles. The van der Waals surface area contributed by atoms with Crippen molar-refractivity contribution in [3.8, 4) is 0 Å². The average Bonchev–Trinajstić information content (AvgIpc) is 3.41. The molecule has 0 spiro atoms. The van der Waals surface area contributed by atoms with E-state index in [1.54, 1.807) is 43.7 Å². The molecule has 0 unspecified atom stereocenters. The summed E-state index contributed by atoms with van der Waals surface area (Å²) in [6.07, 6.45) is 2.67. The van der Waals surface area contributed by atoms with Gasteiger partial charge in [-0.15, -0.1) is 0 Å². The zero-order chi connectivity index (χ0) is 23.6. The van der Waals surface area contributed by atoms with Crippen molar-refractivity contribution < 1.29 is 28.7 Å². The minimum atomic E-state index is -0.730. The molecule has 10 heteroatoms. The van der Waals surface area contributed by atoms with Gasteiger partial charge in [-0.25, -0.2) is 9.59 Å². The van der Waals surface area contributed by atoms with Gasteiger partial charge in [0.1, 0.15) is 12.1 Å². The number of nitrogens with zero attached hydrogens (tertiary/aromatic N) is 1. The van der Waals surface area contributed by atoms with Crippen LogP contribution in [0.1, 0.15) is 50.9 Å². The standard InChI is InChI=1S/C22H28N4O6/c1-12(27)15-10-26(11-19(28)32-22(2,3)4)18-9-17(25-21(30)31-5)16(8-14(15)18)24-20(29)23-13-6-7-13/h8-10,13H,6-7,11H2,1-5H3,(H,25,30)(H2,23,24,29). The van der Waals surface area contributed by atoms with Gasteiger partial charge in [0, 0.05) is 23.2 Å². The van der Waals surface area contributed by atoms with Crippen LogP contribution >= 0.6 is 0 Å². The number of esters is 1. The smallest absolute Gasteiger partial charge is 0.411 e. The first kappa shape index (κ1) is 23.1. The van der Waals surface area contributed by atoms with E-state index >= 15 is 0 Å². The van der Waals surface area contributed by atoms with Crippen LogP contribution < -0.4 is 16.0 Å². The molecule has 32 heavy (non-hydrogen) atoms. The molecule has 2 aromatic rings. The lowest BCUT2D eigenvalue weighted by molar-refractivity contribution is -0.155. The van der Waals surface area contributed by atoms with Crippen LogP contribution in [0.2, 0.25) is 0 Å². The van der Waals surface area contributed by atoms with Gasteiger partial charge in [0.15, 0.2) is 5.78 Å². The first-order valence-electron chi connectivity index (χ1n) is 10.3. The molecular formula is C22H28N4O6. The molecule has 0 atom stereocenters. The van der Waals surface area contributed by atoms with Crippen molar-refractivity contribution >= 4 is 46.2 Å². The lowest BCUT2D eigenvalue weighted by Gasteiger charge is -2.20. The van der Waals surface area contributed by atoms with E-state index < -0.39 is 23.7 Å². The Morgan fingerprint density at radius 3 is 2.31 bits per heavy atom. The molecule has 0 aliphatic heterocycles. The fraction of sp³-hybridized carbons (Fsp3) is 0.455. The van der Waals surface area contributed by atoms with E-state index in [1.165, 1.54) is 14.0 Å². The van der Waals surface area contributed by atoms with Crippen LogP contribution in [-0.2, 0) is 20.8 Å². The van der Waals surface area contributed by atoms with E-state index in [1.807, 2.05) is 0 Å². The van der Waals surface area contributed by atoms with E-state index in [0.717, 1.165) is 12.8 Å². The Kier molecular flexibility index (Phi) is 6.42. The Morgan fingerprint density at radius 2 is 1.75 bits per heavy atom. The number of hydrogen-bond acceptors (Lipinski definition) is 6. The van der Waals surface area contributed by atoms with E-state index in [-0.39, 0.29) is 24.1 Å². The topological polar surface area (TPSA) is 128 Å². The quantitative estimate of drug-likeness (QED) is 0.461. The van der Waals surface area contributed by atoms with Crippen LogP contribution in [0.3, 0.4) is 0 Å². The van der Waals surface area contributed by atoms with Crippen molar-refractivity contribution in [1.29, 1.82) is 0 Å². The Bertz CT molecular complexity index is 1080. The number of amides is 3. The molecular weight excluding hydrogens is 416 g/mol. The highest BCUT2D eigenvalue weighted by Crippen LogP contribution is 2.33. The predicted molar refractivity (Wildman–Crippen MR) is 119 cm³/mol. The Labute approximate surface area is 185 Å². The second kappa shape index (κ2) is 8.89. The van der Waals surface area contributed by atoms with Gasteiger partial charge in [0.05, 0.1) is 24.0 Å². The van der Waals surface area contributed by atoms with E-state index in [4.69, 9.17) is 4.74 Å². The third kappa shape index (κ3) is 5.77. The number of Topliss-reactive ketones (excluding diaryl/α,β-unsaturated/α-hetero) is 1. The number of benzene rings is 1. The summed E-state index contributed by atoms with van der Waals surface area (Å²) in [5.74, 6) is -0.682. The third-order valence-electron chi connectivity index (χ3n) is 4.70. The van der Waals surface area contributed by atoms with Crippen molar-refractivity contribution in [2.75, 3.05) is 17.7 Å². The molecule has 3 amide bonds. The Hall–Kier alpha value is -3.56. The number of rotatable bonds is 6. The number of nitrogens with one attached hydrogen (secondary N) is 3. The van der Waals surface area contributed by atoms with Crippen LogP contribution in [0.15, 0.2) is 18.3 Å². The molecule has 0 radical (unpaired) electrons. The maximum absolute atomic E-state index is 12.4. The van der Waals surface area contributed by atoms with Gasteiger partial charge in [-0.3, -0.25) is 14.9 Å². The zero-order valence-corrected chi connectivity index (χ0v) is 18.8. The molecule has 3 rings (SSSR count). The van der Waals surface area contributed by atoms with Gasteiger partial charge >= 0.3 is 18.1 Å². The summed E-state index contributed by atoms with van der Waals surface area (Å²) >= 11 is 0. The number of fused-ring (bicyclic) bond motifs is 1. The molecule has 1 heterocycles. The minimum Gasteiger partial charge on any atom is -0.459 e. The second-order valence-corrected chi connectivity index (χ2v) is 8.72. The summed E-state index contributed by atoms with van der Waals surface area (Å²) in [4.78, 5) is 48.9. The van der Waals surface area contributed by atoms with Crippen LogP contribution in [-0.4, -0.2) is 47.2 Å². The van der Waals surface area contributed by atoms with Gasteiger partial charge in [-0.05, 0) is 52.7 Å². The van der Waals surface area contributed by atoms with Crippen LogP contribution in [0.5, 0.6) is 0 Å². The zero-order valence-electron chi connectivity index (χ0n) is 18.8. The number of aromatic nitrogens is 1. The van der Waals surface area contributed by atoms with E-state index in [2.05, 4.69) is 20.7 Å². The summed E-state index contributed by atoms with van der Waals surface area (Å²) in [6.45, 7) is 6.59. The fourth-order valence-corrected chi connectivity index (χ4v) is 3.20. The second-order valence-electron chi connectivity index (χ2n) is 8.72. The Morgan fingerprint density at radius 1 is 1.09 bits per heavy atom. The molecule has 1 aliphatic rings. The van der Waals surface area contributed by atoms with E-state index in [9.17, 15) is 19.2 Å². The lowest BCUT2D eigenvalue weighted by Crippen LogP contribution is -2.30. The lowest BCUT2D eigenvalue weighted by atomic mass is 10.1. The predicted octanol–water partition coefficient (Wildman–Crippen LogP) is 3.65. The highest BCUT2D eigenvalue weighted by Gasteiger charge is 2.25. The number of carbonyl (C=O) groups excluding carboxylic acids is 4. The van der Waals surface area contributed by atoms with Crippen LogP contribution in [0.25, 0.3) is 10.9 Å². The van der Waals surface area contributed by atoms with E-state index in [0.29, 0.717) is 22.2 Å². The van der Waals surface area contributed by atoms with Gasteiger partial charge in [-0.1, -0.05) is 0 Å². The van der Waals surface area contributed by atoms with Crippen molar-refractivity contribution in [3.05, 3.63) is 23.9 Å². The van der Waals surface area contributed by atoms with Crippen molar-refractivity contribution in [2.45, 2.75) is 58.7 Å². The Balaban J connectivity index is 2.04. The van der Waals surface area contributed by atoms with Crippen LogP contribution in [0.4, 0.5) is 21.0 Å². The molecule has 0 bridgehead atoms. The summed E-state index contributed by atoms with van der Waals surface area (Å²) in [5, 5.41) is 8.62.